The maximum atomic E-state index is 9.11. The zero-order valence-electron chi connectivity index (χ0n) is 11.0. The van der Waals surface area contributed by atoms with Gasteiger partial charge in [0.15, 0.2) is 0 Å². The molecule has 0 bridgehead atoms. The molecule has 1 aromatic heterocycles. The molecule has 1 fully saturated rings. The van der Waals surface area contributed by atoms with Gasteiger partial charge >= 0.3 is 0 Å². The van der Waals surface area contributed by atoms with E-state index in [1.165, 1.54) is 6.42 Å². The summed E-state index contributed by atoms with van der Waals surface area (Å²) >= 11 is 0. The lowest BCUT2D eigenvalue weighted by Gasteiger charge is -2.13. The summed E-state index contributed by atoms with van der Waals surface area (Å²) in [5.74, 6) is 1.11. The van der Waals surface area contributed by atoms with E-state index in [0.29, 0.717) is 22.9 Å². The standard InChI is InChI=1S/C14H17N5/c1-18-6-5-10(8-18)9-19-12-4-2-3-11(7-15)13(12)17-14(19)16/h2-4,10H,5-6,8-9H2,1H3,(H2,16,17). The minimum atomic E-state index is 0.507. The van der Waals surface area contributed by atoms with Gasteiger partial charge in [-0.3, -0.25) is 0 Å². The Balaban J connectivity index is 2.00. The highest BCUT2D eigenvalue weighted by atomic mass is 15.2. The van der Waals surface area contributed by atoms with E-state index in [-0.39, 0.29) is 0 Å². The van der Waals surface area contributed by atoms with Gasteiger partial charge < -0.3 is 15.2 Å². The number of para-hydroxylation sites is 1. The third-order valence-corrected chi connectivity index (χ3v) is 3.86. The van der Waals surface area contributed by atoms with Crippen molar-refractivity contribution in [2.24, 2.45) is 5.92 Å². The lowest BCUT2D eigenvalue weighted by atomic mass is 10.1. The predicted molar refractivity (Wildman–Crippen MR) is 74.5 cm³/mol. The Kier molecular flexibility index (Phi) is 2.88. The first kappa shape index (κ1) is 12.0. The van der Waals surface area contributed by atoms with E-state index in [2.05, 4.69) is 23.0 Å². The summed E-state index contributed by atoms with van der Waals surface area (Å²) in [5.41, 5.74) is 8.29. The van der Waals surface area contributed by atoms with Gasteiger partial charge in [0.1, 0.15) is 11.6 Å². The molecule has 1 aromatic carbocycles. The minimum absolute atomic E-state index is 0.507. The number of rotatable bonds is 2. The number of anilines is 1. The molecule has 5 nitrogen and oxygen atoms in total. The van der Waals surface area contributed by atoms with Gasteiger partial charge in [-0.15, -0.1) is 0 Å². The number of hydrogen-bond acceptors (Lipinski definition) is 4. The Labute approximate surface area is 112 Å². The quantitative estimate of drug-likeness (QED) is 0.881. The smallest absolute Gasteiger partial charge is 0.201 e. The molecular formula is C14H17N5. The topological polar surface area (TPSA) is 70.9 Å². The van der Waals surface area contributed by atoms with Gasteiger partial charge in [0.05, 0.1) is 11.1 Å². The van der Waals surface area contributed by atoms with Crippen LogP contribution in [0.1, 0.15) is 12.0 Å². The van der Waals surface area contributed by atoms with Crippen molar-refractivity contribution in [1.29, 1.82) is 5.26 Å². The van der Waals surface area contributed by atoms with Gasteiger partial charge in [0.25, 0.3) is 0 Å². The monoisotopic (exact) mass is 255 g/mol. The summed E-state index contributed by atoms with van der Waals surface area (Å²) in [6.45, 7) is 3.11. The summed E-state index contributed by atoms with van der Waals surface area (Å²) in [5, 5.41) is 9.11. The van der Waals surface area contributed by atoms with Crippen LogP contribution in [0.2, 0.25) is 0 Å². The van der Waals surface area contributed by atoms with Gasteiger partial charge in [-0.05, 0) is 38.1 Å². The van der Waals surface area contributed by atoms with E-state index >= 15 is 0 Å². The minimum Gasteiger partial charge on any atom is -0.369 e. The molecule has 1 atom stereocenters. The first-order valence-electron chi connectivity index (χ1n) is 6.52. The largest absolute Gasteiger partial charge is 0.369 e. The molecule has 1 aliphatic rings. The second-order valence-corrected chi connectivity index (χ2v) is 5.28. The zero-order chi connectivity index (χ0) is 13.4. The number of benzene rings is 1. The van der Waals surface area contributed by atoms with Crippen LogP contribution in [0.25, 0.3) is 11.0 Å². The van der Waals surface area contributed by atoms with Crippen molar-refractivity contribution in [1.82, 2.24) is 14.5 Å². The summed E-state index contributed by atoms with van der Waals surface area (Å²) in [6.07, 6.45) is 1.19. The third-order valence-electron chi connectivity index (χ3n) is 3.86. The maximum absolute atomic E-state index is 9.11. The van der Waals surface area contributed by atoms with E-state index < -0.39 is 0 Å². The molecule has 2 heterocycles. The Hall–Kier alpha value is -2.06. The maximum Gasteiger partial charge on any atom is 0.201 e. The van der Waals surface area contributed by atoms with Crippen LogP contribution in [0.4, 0.5) is 5.95 Å². The van der Waals surface area contributed by atoms with Crippen molar-refractivity contribution >= 4 is 17.0 Å². The van der Waals surface area contributed by atoms with Crippen LogP contribution in [0.3, 0.4) is 0 Å². The fourth-order valence-electron chi connectivity index (χ4n) is 2.88. The average molecular weight is 255 g/mol. The Morgan fingerprint density at radius 3 is 3.05 bits per heavy atom. The first-order chi connectivity index (χ1) is 9.19. The molecule has 0 aliphatic carbocycles. The van der Waals surface area contributed by atoms with Crippen molar-refractivity contribution < 1.29 is 0 Å². The molecule has 2 N–H and O–H groups in total. The molecule has 1 saturated heterocycles. The molecule has 3 rings (SSSR count). The molecule has 5 heteroatoms. The third kappa shape index (κ3) is 2.04. The normalized spacial score (nSPS) is 19.9. The Morgan fingerprint density at radius 1 is 1.53 bits per heavy atom. The fraction of sp³-hybridized carbons (Fsp3) is 0.429. The molecule has 1 unspecified atom stereocenters. The van der Waals surface area contributed by atoms with Crippen molar-refractivity contribution in [2.45, 2.75) is 13.0 Å². The van der Waals surface area contributed by atoms with E-state index in [1.807, 2.05) is 16.7 Å². The molecule has 0 radical (unpaired) electrons. The van der Waals surface area contributed by atoms with Crippen molar-refractivity contribution in [2.75, 3.05) is 25.9 Å². The van der Waals surface area contributed by atoms with Crippen molar-refractivity contribution in [3.05, 3.63) is 23.8 Å². The van der Waals surface area contributed by atoms with Crippen molar-refractivity contribution in [3.8, 4) is 6.07 Å². The first-order valence-corrected chi connectivity index (χ1v) is 6.52. The van der Waals surface area contributed by atoms with Crippen LogP contribution < -0.4 is 5.73 Å². The lowest BCUT2D eigenvalue weighted by Crippen LogP contribution is -2.17. The van der Waals surface area contributed by atoms with Crippen LogP contribution in [0.5, 0.6) is 0 Å². The molecule has 19 heavy (non-hydrogen) atoms. The van der Waals surface area contributed by atoms with E-state index in [0.717, 1.165) is 25.2 Å². The number of imidazole rings is 1. The SMILES string of the molecule is CN1CCC(Cn2c(N)nc3c(C#N)cccc32)C1. The Morgan fingerprint density at radius 2 is 2.37 bits per heavy atom. The molecule has 98 valence electrons. The number of nitrogen functional groups attached to an aromatic ring is 1. The highest BCUT2D eigenvalue weighted by Crippen LogP contribution is 2.24. The van der Waals surface area contributed by atoms with Gasteiger partial charge in [-0.2, -0.15) is 5.26 Å². The lowest BCUT2D eigenvalue weighted by molar-refractivity contribution is 0.380. The predicted octanol–water partition coefficient (Wildman–Crippen LogP) is 1.44. The summed E-state index contributed by atoms with van der Waals surface area (Å²) in [6, 6.07) is 7.82. The molecule has 0 spiro atoms. The molecule has 2 aromatic rings. The molecule has 1 aliphatic heterocycles. The number of nitrogens with zero attached hydrogens (tertiary/aromatic N) is 4. The molecule has 0 saturated carbocycles. The highest BCUT2D eigenvalue weighted by molar-refractivity contribution is 5.83. The Bertz CT molecular complexity index is 652. The number of nitriles is 1. The second-order valence-electron chi connectivity index (χ2n) is 5.28. The van der Waals surface area contributed by atoms with Crippen LogP contribution in [0.15, 0.2) is 18.2 Å². The second kappa shape index (κ2) is 4.56. The number of nitrogens with two attached hydrogens (primary N) is 1. The van der Waals surface area contributed by atoms with Crippen LogP contribution >= 0.6 is 0 Å². The molecular weight excluding hydrogens is 238 g/mol. The van der Waals surface area contributed by atoms with E-state index in [1.54, 1.807) is 6.07 Å². The number of likely N-dealkylation sites (tertiary alicyclic amines) is 1. The van der Waals surface area contributed by atoms with Gasteiger partial charge in [-0.1, -0.05) is 6.07 Å². The van der Waals surface area contributed by atoms with Crippen LogP contribution in [-0.4, -0.2) is 34.6 Å². The average Bonchev–Trinajstić information content (AvgIpc) is 2.94. The fourth-order valence-corrected chi connectivity index (χ4v) is 2.88. The highest BCUT2D eigenvalue weighted by Gasteiger charge is 2.22. The van der Waals surface area contributed by atoms with Gasteiger partial charge in [0.2, 0.25) is 5.95 Å². The number of aromatic nitrogens is 2. The van der Waals surface area contributed by atoms with Crippen LogP contribution in [-0.2, 0) is 6.54 Å². The number of fused-ring (bicyclic) bond motifs is 1. The van der Waals surface area contributed by atoms with Gasteiger partial charge in [0, 0.05) is 13.1 Å². The zero-order valence-corrected chi connectivity index (χ0v) is 11.0. The van der Waals surface area contributed by atoms with Crippen LogP contribution in [0, 0.1) is 17.2 Å². The van der Waals surface area contributed by atoms with E-state index in [9.17, 15) is 0 Å². The summed E-state index contributed by atoms with van der Waals surface area (Å²) in [4.78, 5) is 6.68. The number of hydrogen-bond donors (Lipinski definition) is 1. The van der Waals surface area contributed by atoms with Crippen molar-refractivity contribution in [3.63, 3.8) is 0 Å². The van der Waals surface area contributed by atoms with Gasteiger partial charge in [-0.25, -0.2) is 4.98 Å². The summed E-state index contributed by atoms with van der Waals surface area (Å²) in [7, 11) is 2.14. The summed E-state index contributed by atoms with van der Waals surface area (Å²) < 4.78 is 2.04. The molecule has 0 amide bonds. The van der Waals surface area contributed by atoms with E-state index in [4.69, 9.17) is 11.0 Å².